The number of anilines is 3. The number of rotatable bonds is 4. The highest BCUT2D eigenvalue weighted by molar-refractivity contribution is 6.17. The van der Waals surface area contributed by atoms with Gasteiger partial charge < -0.3 is 26.1 Å². The summed E-state index contributed by atoms with van der Waals surface area (Å²) in [6, 6.07) is 7.26. The number of piperidine rings is 1. The largest absolute Gasteiger partial charge is 0.441 e. The smallest absolute Gasteiger partial charge is 0.219 e. The molecular formula is C20H23N7O2. The normalized spacial score (nSPS) is 14.9. The molecule has 0 spiro atoms. The molecule has 1 fully saturated rings. The third kappa shape index (κ3) is 3.71. The molecule has 0 saturated carbocycles. The molecule has 0 atom stereocenters. The zero-order valence-electron chi connectivity index (χ0n) is 16.1. The number of benzene rings is 1. The van der Waals surface area contributed by atoms with E-state index in [9.17, 15) is 4.79 Å². The summed E-state index contributed by atoms with van der Waals surface area (Å²) in [5.41, 5.74) is 13.8. The number of nitrogens with zero attached hydrogens (tertiary/aromatic N) is 3. The highest BCUT2D eigenvalue weighted by atomic mass is 16.3. The van der Waals surface area contributed by atoms with Crippen LogP contribution in [0.1, 0.15) is 30.9 Å². The number of amides is 1. The maximum Gasteiger partial charge on any atom is 0.219 e. The molecule has 9 nitrogen and oxygen atoms in total. The molecule has 3 heterocycles. The zero-order chi connectivity index (χ0) is 20.5. The van der Waals surface area contributed by atoms with Gasteiger partial charge in [-0.3, -0.25) is 10.2 Å². The number of likely N-dealkylation sites (tertiary alicyclic amines) is 1. The minimum Gasteiger partial charge on any atom is -0.441 e. The lowest BCUT2D eigenvalue weighted by Crippen LogP contribution is -2.41. The summed E-state index contributed by atoms with van der Waals surface area (Å²) in [5.74, 6) is 1.18. The summed E-state index contributed by atoms with van der Waals surface area (Å²) in [6.07, 6.45) is 2.99. The molecule has 1 aliphatic heterocycles. The minimum atomic E-state index is 0.0903. The van der Waals surface area contributed by atoms with Crippen LogP contribution in [0.4, 0.5) is 17.5 Å². The second kappa shape index (κ2) is 7.42. The van der Waals surface area contributed by atoms with E-state index in [-0.39, 0.29) is 23.5 Å². The summed E-state index contributed by atoms with van der Waals surface area (Å²) in [5, 5.41) is 12.9. The molecule has 1 saturated heterocycles. The molecule has 4 rings (SSSR count). The molecule has 0 aliphatic carbocycles. The van der Waals surface area contributed by atoms with Gasteiger partial charge in [-0.1, -0.05) is 0 Å². The van der Waals surface area contributed by atoms with Crippen molar-refractivity contribution in [3.8, 4) is 0 Å². The fourth-order valence-electron chi connectivity index (χ4n) is 3.65. The minimum absolute atomic E-state index is 0.0903. The Hall–Kier alpha value is -3.62. The molecular weight excluding hydrogens is 370 g/mol. The second-order valence-electron chi connectivity index (χ2n) is 7.18. The highest BCUT2D eigenvalue weighted by Crippen LogP contribution is 2.27. The van der Waals surface area contributed by atoms with E-state index < -0.39 is 0 Å². The van der Waals surface area contributed by atoms with Crippen LogP contribution in [-0.4, -0.2) is 45.6 Å². The lowest BCUT2D eigenvalue weighted by Gasteiger charge is -2.32. The molecule has 1 aromatic carbocycles. The van der Waals surface area contributed by atoms with E-state index in [1.807, 2.05) is 11.0 Å². The number of carbonyl (C=O) groups excluding carboxylic acids is 1. The Balaban J connectivity index is 1.60. The number of hydrogen-bond donors (Lipinski definition) is 4. The number of nitrogens with two attached hydrogens (primary N) is 2. The average molecular weight is 393 g/mol. The average Bonchev–Trinajstić information content (AvgIpc) is 3.07. The standard InChI is InChI=1S/C20H23N7O2/c1-11(28)27-6-4-14(5-7-27)26-20-17(19(23)24-10-25-20)18(22)12-2-3-15-13(8-12)9-16(21)29-15/h2-3,8-10,14,22H,4-7,21H2,1H3,(H3,23,24,25,26). The van der Waals surface area contributed by atoms with Crippen LogP contribution in [0, 0.1) is 5.41 Å². The first-order valence-electron chi connectivity index (χ1n) is 9.43. The Morgan fingerprint density at radius 2 is 2.00 bits per heavy atom. The molecule has 1 aliphatic rings. The van der Waals surface area contributed by atoms with E-state index in [2.05, 4.69) is 15.3 Å². The molecule has 3 aromatic rings. The van der Waals surface area contributed by atoms with Crippen molar-refractivity contribution in [1.29, 1.82) is 5.41 Å². The number of carbonyl (C=O) groups is 1. The summed E-state index contributed by atoms with van der Waals surface area (Å²) in [7, 11) is 0. The van der Waals surface area contributed by atoms with Crippen LogP contribution in [0.25, 0.3) is 11.0 Å². The van der Waals surface area contributed by atoms with E-state index in [4.69, 9.17) is 21.3 Å². The maximum atomic E-state index is 11.5. The van der Waals surface area contributed by atoms with Gasteiger partial charge in [0.2, 0.25) is 5.91 Å². The first-order valence-corrected chi connectivity index (χ1v) is 9.43. The topological polar surface area (TPSA) is 147 Å². The van der Waals surface area contributed by atoms with Crippen LogP contribution in [0.15, 0.2) is 35.0 Å². The maximum absolute atomic E-state index is 11.5. The summed E-state index contributed by atoms with van der Waals surface area (Å²) in [6.45, 7) is 2.97. The van der Waals surface area contributed by atoms with E-state index in [1.165, 1.54) is 6.33 Å². The van der Waals surface area contributed by atoms with Crippen LogP contribution in [0.5, 0.6) is 0 Å². The van der Waals surface area contributed by atoms with Crippen LogP contribution in [0.2, 0.25) is 0 Å². The number of hydrogen-bond acceptors (Lipinski definition) is 8. The van der Waals surface area contributed by atoms with E-state index >= 15 is 0 Å². The van der Waals surface area contributed by atoms with Gasteiger partial charge >= 0.3 is 0 Å². The van der Waals surface area contributed by atoms with Crippen molar-refractivity contribution in [1.82, 2.24) is 14.9 Å². The van der Waals surface area contributed by atoms with E-state index in [1.54, 1.807) is 25.1 Å². The van der Waals surface area contributed by atoms with Gasteiger partial charge in [0.25, 0.3) is 0 Å². The lowest BCUT2D eigenvalue weighted by molar-refractivity contribution is -0.129. The zero-order valence-corrected chi connectivity index (χ0v) is 16.1. The molecule has 1 amide bonds. The Labute approximate surface area is 167 Å². The Kier molecular flexibility index (Phi) is 4.79. The number of furan rings is 1. The first-order chi connectivity index (χ1) is 13.9. The van der Waals surface area contributed by atoms with Gasteiger partial charge in [-0.15, -0.1) is 0 Å². The predicted octanol–water partition coefficient (Wildman–Crippen LogP) is 2.23. The van der Waals surface area contributed by atoms with Crippen molar-refractivity contribution in [3.05, 3.63) is 41.7 Å². The molecule has 0 radical (unpaired) electrons. The van der Waals surface area contributed by atoms with Gasteiger partial charge in [-0.2, -0.15) is 0 Å². The molecule has 29 heavy (non-hydrogen) atoms. The van der Waals surface area contributed by atoms with Crippen LogP contribution in [-0.2, 0) is 4.79 Å². The van der Waals surface area contributed by atoms with Gasteiger partial charge in [0.15, 0.2) is 5.88 Å². The third-order valence-corrected chi connectivity index (χ3v) is 5.23. The second-order valence-corrected chi connectivity index (χ2v) is 7.18. The van der Waals surface area contributed by atoms with E-state index in [0.717, 1.165) is 18.2 Å². The fourth-order valence-corrected chi connectivity index (χ4v) is 3.65. The SMILES string of the molecule is CC(=O)N1CCC(Nc2ncnc(N)c2C(=N)c2ccc3oc(N)cc3c2)CC1. The van der Waals surface area contributed by atoms with E-state index in [0.29, 0.717) is 41.5 Å². The van der Waals surface area contributed by atoms with Crippen LogP contribution < -0.4 is 16.8 Å². The van der Waals surface area contributed by atoms with Crippen molar-refractivity contribution in [2.45, 2.75) is 25.8 Å². The van der Waals surface area contributed by atoms with Crippen molar-refractivity contribution in [2.75, 3.05) is 29.9 Å². The first kappa shape index (κ1) is 18.7. The monoisotopic (exact) mass is 393 g/mol. The molecule has 2 aromatic heterocycles. The third-order valence-electron chi connectivity index (χ3n) is 5.23. The van der Waals surface area contributed by atoms with Gasteiger partial charge in [-0.05, 0) is 31.0 Å². The van der Waals surface area contributed by atoms with Gasteiger partial charge in [-0.25, -0.2) is 9.97 Å². The molecule has 0 unspecified atom stereocenters. The van der Waals surface area contributed by atoms with Crippen molar-refractivity contribution in [2.24, 2.45) is 0 Å². The number of nitrogens with one attached hydrogen (secondary N) is 2. The number of nitrogen functional groups attached to an aromatic ring is 2. The molecule has 6 N–H and O–H groups in total. The fraction of sp³-hybridized carbons (Fsp3) is 0.300. The van der Waals surface area contributed by atoms with Crippen molar-refractivity contribution >= 4 is 40.1 Å². The Bertz CT molecular complexity index is 1080. The summed E-state index contributed by atoms with van der Waals surface area (Å²) in [4.78, 5) is 21.8. The molecule has 0 bridgehead atoms. The number of aromatic nitrogens is 2. The molecule has 150 valence electrons. The molecule has 9 heteroatoms. The van der Waals surface area contributed by atoms with Crippen LogP contribution >= 0.6 is 0 Å². The van der Waals surface area contributed by atoms with Crippen molar-refractivity contribution in [3.63, 3.8) is 0 Å². The van der Waals surface area contributed by atoms with Gasteiger partial charge in [0, 0.05) is 43.1 Å². The Morgan fingerprint density at radius 1 is 1.24 bits per heavy atom. The lowest BCUT2D eigenvalue weighted by atomic mass is 10.0. The number of fused-ring (bicyclic) bond motifs is 1. The van der Waals surface area contributed by atoms with Gasteiger partial charge in [0.05, 0.1) is 11.3 Å². The Morgan fingerprint density at radius 3 is 2.72 bits per heavy atom. The van der Waals surface area contributed by atoms with Crippen LogP contribution in [0.3, 0.4) is 0 Å². The van der Waals surface area contributed by atoms with Crippen molar-refractivity contribution < 1.29 is 9.21 Å². The predicted molar refractivity (Wildman–Crippen MR) is 112 cm³/mol. The quantitative estimate of drug-likeness (QED) is 0.497. The highest BCUT2D eigenvalue weighted by Gasteiger charge is 2.23. The summed E-state index contributed by atoms with van der Waals surface area (Å²) >= 11 is 0. The van der Waals surface area contributed by atoms with Gasteiger partial charge in [0.1, 0.15) is 23.5 Å². The summed E-state index contributed by atoms with van der Waals surface area (Å²) < 4.78 is 5.40.